The van der Waals surface area contributed by atoms with E-state index in [1.807, 2.05) is 26.8 Å². The second kappa shape index (κ2) is 8.17. The maximum absolute atomic E-state index is 12.0. The molecule has 2 N–H and O–H groups in total. The number of carbonyl (C=O) groups is 3. The zero-order valence-corrected chi connectivity index (χ0v) is 13.2. The SMILES string of the molecule is CCCN(CC(=O)O)C(=O)CNC(=O)c1ccc(C)c(C)c1. The predicted octanol–water partition coefficient (Wildman–Crippen LogP) is 1.36. The molecule has 6 heteroatoms. The van der Waals surface area contributed by atoms with Gasteiger partial charge in [0.2, 0.25) is 5.91 Å². The molecule has 1 aromatic rings. The maximum Gasteiger partial charge on any atom is 0.323 e. The number of benzene rings is 1. The fourth-order valence-corrected chi connectivity index (χ4v) is 1.98. The lowest BCUT2D eigenvalue weighted by Crippen LogP contribution is -2.42. The zero-order chi connectivity index (χ0) is 16.7. The van der Waals surface area contributed by atoms with E-state index in [4.69, 9.17) is 5.11 Å². The van der Waals surface area contributed by atoms with E-state index in [0.29, 0.717) is 18.5 Å². The fourth-order valence-electron chi connectivity index (χ4n) is 1.98. The van der Waals surface area contributed by atoms with Gasteiger partial charge in [0.05, 0.1) is 6.54 Å². The van der Waals surface area contributed by atoms with Gasteiger partial charge >= 0.3 is 5.97 Å². The highest BCUT2D eigenvalue weighted by molar-refractivity contribution is 5.96. The number of nitrogens with zero attached hydrogens (tertiary/aromatic N) is 1. The van der Waals surface area contributed by atoms with Crippen LogP contribution in [0.15, 0.2) is 18.2 Å². The quantitative estimate of drug-likeness (QED) is 0.796. The number of nitrogens with one attached hydrogen (secondary N) is 1. The summed E-state index contributed by atoms with van der Waals surface area (Å²) in [6.07, 6.45) is 0.657. The van der Waals surface area contributed by atoms with Crippen LogP contribution in [-0.2, 0) is 9.59 Å². The van der Waals surface area contributed by atoms with Crippen molar-refractivity contribution in [1.82, 2.24) is 10.2 Å². The first-order valence-corrected chi connectivity index (χ1v) is 7.20. The second-order valence-corrected chi connectivity index (χ2v) is 5.19. The maximum atomic E-state index is 12.0. The van der Waals surface area contributed by atoms with Gasteiger partial charge in [0.25, 0.3) is 5.91 Å². The lowest BCUT2D eigenvalue weighted by atomic mass is 10.1. The van der Waals surface area contributed by atoms with Crippen LogP contribution in [0.4, 0.5) is 0 Å². The molecule has 0 fully saturated rings. The van der Waals surface area contributed by atoms with Crippen LogP contribution in [0.3, 0.4) is 0 Å². The van der Waals surface area contributed by atoms with Crippen molar-refractivity contribution < 1.29 is 19.5 Å². The normalized spacial score (nSPS) is 10.1. The van der Waals surface area contributed by atoms with Gasteiger partial charge in [-0.05, 0) is 43.5 Å². The standard InChI is InChI=1S/C16H22N2O4/c1-4-7-18(10-15(20)21)14(19)9-17-16(22)13-6-5-11(2)12(3)8-13/h5-6,8H,4,7,9-10H2,1-3H3,(H,17,22)(H,20,21). The first-order chi connectivity index (χ1) is 10.3. The minimum Gasteiger partial charge on any atom is -0.480 e. The second-order valence-electron chi connectivity index (χ2n) is 5.19. The molecular formula is C16H22N2O4. The molecule has 0 spiro atoms. The van der Waals surface area contributed by atoms with Crippen LogP contribution >= 0.6 is 0 Å². The summed E-state index contributed by atoms with van der Waals surface area (Å²) in [5, 5.41) is 11.3. The van der Waals surface area contributed by atoms with Crippen LogP contribution in [0, 0.1) is 13.8 Å². The van der Waals surface area contributed by atoms with Gasteiger partial charge in [-0.25, -0.2) is 0 Å². The molecule has 0 bridgehead atoms. The van der Waals surface area contributed by atoms with Crippen LogP contribution in [0.5, 0.6) is 0 Å². The third kappa shape index (κ3) is 5.20. The summed E-state index contributed by atoms with van der Waals surface area (Å²) in [4.78, 5) is 36.0. The van der Waals surface area contributed by atoms with Gasteiger partial charge in [0.15, 0.2) is 0 Å². The summed E-state index contributed by atoms with van der Waals surface area (Å²) in [5.74, 6) is -1.81. The third-order valence-corrected chi connectivity index (χ3v) is 3.34. The number of carboxylic acids is 1. The van der Waals surface area contributed by atoms with Crippen molar-refractivity contribution in [2.75, 3.05) is 19.6 Å². The van der Waals surface area contributed by atoms with Gasteiger partial charge in [0.1, 0.15) is 6.54 Å². The molecule has 0 aliphatic heterocycles. The minimum absolute atomic E-state index is 0.209. The minimum atomic E-state index is -1.07. The lowest BCUT2D eigenvalue weighted by molar-refractivity contribution is -0.144. The molecule has 6 nitrogen and oxygen atoms in total. The van der Waals surface area contributed by atoms with Crippen molar-refractivity contribution in [3.05, 3.63) is 34.9 Å². The number of carboxylic acid groups (broad SMARTS) is 1. The molecule has 0 radical (unpaired) electrons. The molecule has 0 heterocycles. The van der Waals surface area contributed by atoms with Crippen LogP contribution < -0.4 is 5.32 Å². The summed E-state index contributed by atoms with van der Waals surface area (Å²) in [7, 11) is 0. The van der Waals surface area contributed by atoms with Crippen molar-refractivity contribution in [3.63, 3.8) is 0 Å². The smallest absolute Gasteiger partial charge is 0.323 e. The predicted molar refractivity (Wildman–Crippen MR) is 82.8 cm³/mol. The summed E-state index contributed by atoms with van der Waals surface area (Å²) in [5.41, 5.74) is 2.57. The fraction of sp³-hybridized carbons (Fsp3) is 0.438. The molecule has 2 amide bonds. The van der Waals surface area contributed by atoms with Gasteiger partial charge in [-0.3, -0.25) is 14.4 Å². The monoisotopic (exact) mass is 306 g/mol. The molecule has 120 valence electrons. The van der Waals surface area contributed by atoms with Crippen molar-refractivity contribution in [2.24, 2.45) is 0 Å². The van der Waals surface area contributed by atoms with Gasteiger partial charge in [-0.15, -0.1) is 0 Å². The topological polar surface area (TPSA) is 86.7 Å². The zero-order valence-electron chi connectivity index (χ0n) is 13.2. The largest absolute Gasteiger partial charge is 0.480 e. The molecule has 0 saturated heterocycles. The van der Waals surface area contributed by atoms with E-state index in [9.17, 15) is 14.4 Å². The number of rotatable bonds is 7. The Bertz CT molecular complexity index is 569. The number of hydrogen-bond donors (Lipinski definition) is 2. The molecule has 22 heavy (non-hydrogen) atoms. The number of carbonyl (C=O) groups excluding carboxylic acids is 2. The number of hydrogen-bond acceptors (Lipinski definition) is 3. The summed E-state index contributed by atoms with van der Waals surface area (Å²) in [6.45, 7) is 5.51. The average Bonchev–Trinajstić information content (AvgIpc) is 2.46. The van der Waals surface area contributed by atoms with Crippen molar-refractivity contribution in [3.8, 4) is 0 Å². The molecule has 1 rings (SSSR count). The Kier molecular flexibility index (Phi) is 6.56. The van der Waals surface area contributed by atoms with E-state index in [0.717, 1.165) is 11.1 Å². The van der Waals surface area contributed by atoms with E-state index in [1.54, 1.807) is 12.1 Å². The Balaban J connectivity index is 2.62. The van der Waals surface area contributed by atoms with Gasteiger partial charge < -0.3 is 15.3 Å². The number of aliphatic carboxylic acids is 1. The van der Waals surface area contributed by atoms with Crippen LogP contribution in [0.1, 0.15) is 34.8 Å². The molecule has 0 unspecified atom stereocenters. The first-order valence-electron chi connectivity index (χ1n) is 7.20. The Morgan fingerprint density at radius 1 is 1.18 bits per heavy atom. The molecule has 1 aromatic carbocycles. The van der Waals surface area contributed by atoms with Crippen LogP contribution in [0.2, 0.25) is 0 Å². The molecule has 0 saturated carbocycles. The third-order valence-electron chi connectivity index (χ3n) is 3.34. The highest BCUT2D eigenvalue weighted by atomic mass is 16.4. The Labute approximate surface area is 130 Å². The van der Waals surface area contributed by atoms with E-state index >= 15 is 0 Å². The highest BCUT2D eigenvalue weighted by Crippen LogP contribution is 2.09. The highest BCUT2D eigenvalue weighted by Gasteiger charge is 2.17. The number of aryl methyl sites for hydroxylation is 2. The van der Waals surface area contributed by atoms with E-state index < -0.39 is 11.9 Å². The van der Waals surface area contributed by atoms with Crippen molar-refractivity contribution in [1.29, 1.82) is 0 Å². The summed E-state index contributed by atoms with van der Waals surface area (Å²) < 4.78 is 0. The Morgan fingerprint density at radius 2 is 1.86 bits per heavy atom. The van der Waals surface area contributed by atoms with E-state index in [2.05, 4.69) is 5.32 Å². The summed E-state index contributed by atoms with van der Waals surface area (Å²) in [6, 6.07) is 5.30. The van der Waals surface area contributed by atoms with Crippen molar-refractivity contribution in [2.45, 2.75) is 27.2 Å². The van der Waals surface area contributed by atoms with Gasteiger partial charge in [0, 0.05) is 12.1 Å². The molecular weight excluding hydrogens is 284 g/mol. The summed E-state index contributed by atoms with van der Waals surface area (Å²) >= 11 is 0. The first kappa shape index (κ1) is 17.7. The van der Waals surface area contributed by atoms with Gasteiger partial charge in [-0.2, -0.15) is 0 Å². The Morgan fingerprint density at radius 3 is 2.41 bits per heavy atom. The number of amides is 2. The van der Waals surface area contributed by atoms with Crippen LogP contribution in [0.25, 0.3) is 0 Å². The van der Waals surface area contributed by atoms with Crippen molar-refractivity contribution >= 4 is 17.8 Å². The molecule has 0 atom stereocenters. The lowest BCUT2D eigenvalue weighted by Gasteiger charge is -2.20. The van der Waals surface area contributed by atoms with E-state index in [-0.39, 0.29) is 19.0 Å². The molecule has 0 aromatic heterocycles. The van der Waals surface area contributed by atoms with Crippen LogP contribution in [-0.4, -0.2) is 47.4 Å². The average molecular weight is 306 g/mol. The molecule has 0 aliphatic carbocycles. The molecule has 0 aliphatic rings. The van der Waals surface area contributed by atoms with Gasteiger partial charge in [-0.1, -0.05) is 13.0 Å². The van der Waals surface area contributed by atoms with E-state index in [1.165, 1.54) is 4.90 Å². The Hall–Kier alpha value is -2.37.